The minimum atomic E-state index is -3.89. The van der Waals surface area contributed by atoms with Crippen LogP contribution in [0.25, 0.3) is 6.08 Å². The van der Waals surface area contributed by atoms with Crippen LogP contribution in [0.5, 0.6) is 0 Å². The highest BCUT2D eigenvalue weighted by atomic mass is 79.9. The SMILES string of the molecule is O=C1SC(=Cc2ccc(Br)cc2)C(=S)N1NS(=O)(=O)c1ccccc1. The molecule has 1 amide bonds. The number of hydrogen-bond acceptors (Lipinski definition) is 5. The number of hydrazine groups is 1. The number of nitrogens with one attached hydrogen (secondary N) is 1. The number of nitrogens with zero attached hydrogens (tertiary/aromatic N) is 1. The second kappa shape index (κ2) is 7.38. The first-order valence-electron chi connectivity index (χ1n) is 6.98. The largest absolute Gasteiger partial charge is 0.307 e. The van der Waals surface area contributed by atoms with Gasteiger partial charge in [-0.25, -0.2) is 13.4 Å². The molecule has 1 aliphatic rings. The van der Waals surface area contributed by atoms with E-state index in [1.54, 1.807) is 24.3 Å². The fourth-order valence-electron chi connectivity index (χ4n) is 2.03. The van der Waals surface area contributed by atoms with Crippen molar-refractivity contribution in [2.75, 3.05) is 0 Å². The zero-order valence-corrected chi connectivity index (χ0v) is 16.6. The zero-order valence-electron chi connectivity index (χ0n) is 12.5. The molecule has 0 bridgehead atoms. The number of thiocarbonyl (C=S) groups is 1. The van der Waals surface area contributed by atoms with E-state index in [2.05, 4.69) is 20.8 Å². The van der Waals surface area contributed by atoms with Crippen molar-refractivity contribution in [1.82, 2.24) is 9.84 Å². The van der Waals surface area contributed by atoms with Gasteiger partial charge in [-0.2, -0.15) is 0 Å². The molecule has 25 heavy (non-hydrogen) atoms. The van der Waals surface area contributed by atoms with Crippen LogP contribution >= 0.6 is 39.9 Å². The van der Waals surface area contributed by atoms with E-state index in [-0.39, 0.29) is 9.88 Å². The number of carbonyl (C=O) groups is 1. The molecule has 1 N–H and O–H groups in total. The molecule has 0 unspecified atom stereocenters. The van der Waals surface area contributed by atoms with Crippen molar-refractivity contribution in [2.45, 2.75) is 4.90 Å². The van der Waals surface area contributed by atoms with Gasteiger partial charge in [-0.05, 0) is 47.7 Å². The minimum Gasteiger partial charge on any atom is -0.259 e. The standard InChI is InChI=1S/C16H11BrN2O3S3/c17-12-8-6-11(7-9-12)10-14-15(23)19(16(20)24-14)18-25(21,22)13-4-2-1-3-5-13/h1-10,18H. The molecule has 0 aliphatic carbocycles. The second-order valence-corrected chi connectivity index (χ2v) is 8.93. The molecule has 0 aromatic heterocycles. The van der Waals surface area contributed by atoms with Crippen molar-refractivity contribution < 1.29 is 13.2 Å². The topological polar surface area (TPSA) is 66.5 Å². The normalized spacial score (nSPS) is 16.7. The first-order valence-corrected chi connectivity index (χ1v) is 10.5. The Morgan fingerprint density at radius 3 is 2.36 bits per heavy atom. The number of thioether (sulfide) groups is 1. The molecule has 0 saturated carbocycles. The first kappa shape index (κ1) is 18.3. The highest BCUT2D eigenvalue weighted by Crippen LogP contribution is 2.32. The van der Waals surface area contributed by atoms with Crippen molar-refractivity contribution in [2.24, 2.45) is 0 Å². The quantitative estimate of drug-likeness (QED) is 0.554. The third-order valence-electron chi connectivity index (χ3n) is 3.23. The van der Waals surface area contributed by atoms with Crippen LogP contribution in [-0.2, 0) is 10.0 Å². The Balaban J connectivity index is 1.83. The summed E-state index contributed by atoms with van der Waals surface area (Å²) in [5, 5.41) is 0.389. The monoisotopic (exact) mass is 454 g/mol. The summed E-state index contributed by atoms with van der Waals surface area (Å²) in [6, 6.07) is 15.3. The van der Waals surface area contributed by atoms with Gasteiger partial charge in [0.25, 0.3) is 10.0 Å². The number of hydrogen-bond donors (Lipinski definition) is 1. The van der Waals surface area contributed by atoms with E-state index in [4.69, 9.17) is 12.2 Å². The predicted octanol–water partition coefficient (Wildman–Crippen LogP) is 4.18. The third kappa shape index (κ3) is 4.18. The maximum atomic E-state index is 12.4. The third-order valence-corrected chi connectivity index (χ3v) is 6.49. The second-order valence-electron chi connectivity index (χ2n) is 4.98. The summed E-state index contributed by atoms with van der Waals surface area (Å²) >= 11 is 9.50. The summed E-state index contributed by atoms with van der Waals surface area (Å²) in [4.78, 5) is 15.1. The Morgan fingerprint density at radius 2 is 1.72 bits per heavy atom. The van der Waals surface area contributed by atoms with Gasteiger partial charge >= 0.3 is 5.24 Å². The van der Waals surface area contributed by atoms with Crippen molar-refractivity contribution in [3.05, 3.63) is 69.5 Å². The van der Waals surface area contributed by atoms with Gasteiger partial charge in [-0.3, -0.25) is 4.79 Å². The minimum absolute atomic E-state index is 0.0564. The van der Waals surface area contributed by atoms with E-state index in [1.165, 1.54) is 12.1 Å². The van der Waals surface area contributed by atoms with Crippen LogP contribution in [0.4, 0.5) is 4.79 Å². The summed E-state index contributed by atoms with van der Waals surface area (Å²) in [5.41, 5.74) is 0.855. The van der Waals surface area contributed by atoms with Gasteiger partial charge in [0, 0.05) is 4.47 Å². The van der Waals surface area contributed by atoms with Crippen LogP contribution in [0, 0.1) is 0 Å². The van der Waals surface area contributed by atoms with E-state index in [0.717, 1.165) is 26.8 Å². The van der Waals surface area contributed by atoms with Gasteiger partial charge in [0.2, 0.25) is 0 Å². The van der Waals surface area contributed by atoms with E-state index in [9.17, 15) is 13.2 Å². The van der Waals surface area contributed by atoms with E-state index in [1.807, 2.05) is 24.3 Å². The molecule has 128 valence electrons. The van der Waals surface area contributed by atoms with Gasteiger partial charge in [0.15, 0.2) is 0 Å². The number of sulfonamides is 1. The zero-order chi connectivity index (χ0) is 18.0. The summed E-state index contributed by atoms with van der Waals surface area (Å²) < 4.78 is 25.7. The predicted molar refractivity (Wildman–Crippen MR) is 106 cm³/mol. The maximum absolute atomic E-state index is 12.4. The average Bonchev–Trinajstić information content (AvgIpc) is 2.85. The molecule has 2 aromatic carbocycles. The molecule has 3 rings (SSSR count). The van der Waals surface area contributed by atoms with Gasteiger partial charge in [0.05, 0.1) is 9.80 Å². The summed E-state index contributed by atoms with van der Waals surface area (Å²) in [7, 11) is -3.89. The lowest BCUT2D eigenvalue weighted by Crippen LogP contribution is -2.44. The van der Waals surface area contributed by atoms with Crippen molar-refractivity contribution in [3.8, 4) is 0 Å². The molecule has 9 heteroatoms. The van der Waals surface area contributed by atoms with Crippen molar-refractivity contribution in [1.29, 1.82) is 0 Å². The molecule has 1 aliphatic heterocycles. The Bertz CT molecular complexity index is 958. The van der Waals surface area contributed by atoms with E-state index in [0.29, 0.717) is 4.91 Å². The highest BCUT2D eigenvalue weighted by molar-refractivity contribution is 9.10. The fourth-order valence-corrected chi connectivity index (χ4v) is 4.60. The number of benzene rings is 2. The number of amides is 1. The van der Waals surface area contributed by atoms with E-state index >= 15 is 0 Å². The van der Waals surface area contributed by atoms with Crippen LogP contribution in [0.15, 0.2) is 68.9 Å². The number of carbonyl (C=O) groups excluding carboxylic acids is 1. The lowest BCUT2D eigenvalue weighted by molar-refractivity contribution is 0.241. The number of rotatable bonds is 4. The molecule has 0 atom stereocenters. The maximum Gasteiger partial charge on any atom is 0.307 e. The van der Waals surface area contributed by atoms with Crippen LogP contribution in [-0.4, -0.2) is 23.7 Å². The molecule has 0 spiro atoms. The lowest BCUT2D eigenvalue weighted by atomic mass is 10.2. The molecule has 1 heterocycles. The fraction of sp³-hybridized carbons (Fsp3) is 0. The Morgan fingerprint density at radius 1 is 1.08 bits per heavy atom. The lowest BCUT2D eigenvalue weighted by Gasteiger charge is -2.16. The molecule has 1 fully saturated rings. The van der Waals surface area contributed by atoms with Gasteiger partial charge in [-0.1, -0.05) is 58.5 Å². The van der Waals surface area contributed by atoms with Gasteiger partial charge in [0.1, 0.15) is 4.99 Å². The smallest absolute Gasteiger partial charge is 0.259 e. The first-order chi connectivity index (χ1) is 11.9. The van der Waals surface area contributed by atoms with Gasteiger partial charge in [-0.15, -0.1) is 4.83 Å². The van der Waals surface area contributed by atoms with Crippen molar-refractivity contribution in [3.63, 3.8) is 0 Å². The molecular weight excluding hydrogens is 444 g/mol. The summed E-state index contributed by atoms with van der Waals surface area (Å²) in [6.45, 7) is 0. The van der Waals surface area contributed by atoms with E-state index < -0.39 is 15.3 Å². The van der Waals surface area contributed by atoms with Crippen LogP contribution < -0.4 is 4.83 Å². The Labute approximate surface area is 163 Å². The van der Waals surface area contributed by atoms with Gasteiger partial charge < -0.3 is 0 Å². The van der Waals surface area contributed by atoms with Crippen LogP contribution in [0.1, 0.15) is 5.56 Å². The molecular formula is C16H11BrN2O3S3. The highest BCUT2D eigenvalue weighted by Gasteiger charge is 2.35. The number of halogens is 1. The Hall–Kier alpha value is -1.52. The molecule has 5 nitrogen and oxygen atoms in total. The summed E-state index contributed by atoms with van der Waals surface area (Å²) in [6.07, 6.45) is 1.74. The van der Waals surface area contributed by atoms with Crippen LogP contribution in [0.3, 0.4) is 0 Å². The van der Waals surface area contributed by atoms with Crippen LogP contribution in [0.2, 0.25) is 0 Å². The summed E-state index contributed by atoms with van der Waals surface area (Å²) in [5.74, 6) is 0. The van der Waals surface area contributed by atoms with Crippen molar-refractivity contribution >= 4 is 66.2 Å². The molecule has 1 saturated heterocycles. The molecule has 0 radical (unpaired) electrons. The molecule has 2 aromatic rings. The average molecular weight is 455 g/mol. The Kier molecular flexibility index (Phi) is 5.40.